The largest absolute Gasteiger partial charge is 0.357 e. The van der Waals surface area contributed by atoms with Gasteiger partial charge < -0.3 is 16.0 Å². The molecule has 3 N–H and O–H groups in total. The van der Waals surface area contributed by atoms with Gasteiger partial charge in [0.2, 0.25) is 11.8 Å². The smallest absolute Gasteiger partial charge is 0.242 e. The summed E-state index contributed by atoms with van der Waals surface area (Å²) in [5.74, 6) is 0.200. The molecule has 0 aromatic rings. The van der Waals surface area contributed by atoms with Crippen LogP contribution >= 0.6 is 0 Å². The SMILES string of the molecule is CNC(=O)C1CCCN1C(=O)CC(N)C(C)C. The van der Waals surface area contributed by atoms with Crippen molar-refractivity contribution >= 4 is 11.8 Å². The van der Waals surface area contributed by atoms with E-state index in [0.29, 0.717) is 13.0 Å². The average Bonchev–Trinajstić information content (AvgIpc) is 2.76. The molecule has 2 amide bonds. The monoisotopic (exact) mass is 241 g/mol. The summed E-state index contributed by atoms with van der Waals surface area (Å²) in [6.07, 6.45) is 1.97. The number of likely N-dealkylation sites (tertiary alicyclic amines) is 1. The zero-order valence-electron chi connectivity index (χ0n) is 10.9. The first-order valence-electron chi connectivity index (χ1n) is 6.24. The van der Waals surface area contributed by atoms with Crippen LogP contribution in [0.2, 0.25) is 0 Å². The van der Waals surface area contributed by atoms with Gasteiger partial charge in [-0.2, -0.15) is 0 Å². The van der Waals surface area contributed by atoms with Crippen molar-refractivity contribution in [3.63, 3.8) is 0 Å². The average molecular weight is 241 g/mol. The van der Waals surface area contributed by atoms with Gasteiger partial charge in [0, 0.05) is 26.1 Å². The fourth-order valence-corrected chi connectivity index (χ4v) is 2.06. The van der Waals surface area contributed by atoms with Crippen LogP contribution in [0.25, 0.3) is 0 Å². The predicted molar refractivity (Wildman–Crippen MR) is 66.2 cm³/mol. The van der Waals surface area contributed by atoms with Crippen molar-refractivity contribution in [1.82, 2.24) is 10.2 Å². The number of carbonyl (C=O) groups is 2. The molecule has 5 heteroatoms. The van der Waals surface area contributed by atoms with E-state index in [1.165, 1.54) is 0 Å². The van der Waals surface area contributed by atoms with Crippen molar-refractivity contribution < 1.29 is 9.59 Å². The molecule has 0 aliphatic carbocycles. The normalized spacial score (nSPS) is 21.7. The van der Waals surface area contributed by atoms with Gasteiger partial charge >= 0.3 is 0 Å². The molecular weight excluding hydrogens is 218 g/mol. The first-order chi connectivity index (χ1) is 7.97. The quantitative estimate of drug-likeness (QED) is 0.733. The maximum Gasteiger partial charge on any atom is 0.242 e. The number of rotatable bonds is 4. The summed E-state index contributed by atoms with van der Waals surface area (Å²) in [7, 11) is 1.60. The minimum atomic E-state index is -0.299. The van der Waals surface area contributed by atoms with Crippen molar-refractivity contribution in [1.29, 1.82) is 0 Å². The number of amides is 2. The molecule has 0 bridgehead atoms. The minimum Gasteiger partial charge on any atom is -0.357 e. The second kappa shape index (κ2) is 6.00. The Morgan fingerprint density at radius 1 is 1.47 bits per heavy atom. The van der Waals surface area contributed by atoms with Gasteiger partial charge in [0.15, 0.2) is 0 Å². The molecule has 0 saturated carbocycles. The fourth-order valence-electron chi connectivity index (χ4n) is 2.06. The molecule has 0 aromatic carbocycles. The molecule has 1 fully saturated rings. The Bertz CT molecular complexity index is 291. The van der Waals surface area contributed by atoms with Gasteiger partial charge in [-0.25, -0.2) is 0 Å². The fraction of sp³-hybridized carbons (Fsp3) is 0.833. The first-order valence-corrected chi connectivity index (χ1v) is 6.24. The Labute approximate surface area is 103 Å². The Balaban J connectivity index is 2.59. The Morgan fingerprint density at radius 2 is 2.12 bits per heavy atom. The number of nitrogens with one attached hydrogen (secondary N) is 1. The highest BCUT2D eigenvalue weighted by Gasteiger charge is 2.33. The van der Waals surface area contributed by atoms with Crippen LogP contribution < -0.4 is 11.1 Å². The highest BCUT2D eigenvalue weighted by atomic mass is 16.2. The van der Waals surface area contributed by atoms with Gasteiger partial charge in [0.1, 0.15) is 6.04 Å². The molecule has 1 saturated heterocycles. The number of hydrogen-bond acceptors (Lipinski definition) is 3. The maximum absolute atomic E-state index is 12.1. The molecule has 0 spiro atoms. The molecule has 0 radical (unpaired) electrons. The van der Waals surface area contributed by atoms with Crippen molar-refractivity contribution in [3.05, 3.63) is 0 Å². The van der Waals surface area contributed by atoms with Crippen LogP contribution in [0.15, 0.2) is 0 Å². The molecule has 5 nitrogen and oxygen atoms in total. The molecule has 17 heavy (non-hydrogen) atoms. The van der Waals surface area contributed by atoms with Crippen LogP contribution in [0.5, 0.6) is 0 Å². The lowest BCUT2D eigenvalue weighted by Crippen LogP contribution is -2.46. The Kier molecular flexibility index (Phi) is 4.93. The van der Waals surface area contributed by atoms with E-state index in [1.54, 1.807) is 11.9 Å². The van der Waals surface area contributed by atoms with E-state index in [9.17, 15) is 9.59 Å². The van der Waals surface area contributed by atoms with E-state index in [4.69, 9.17) is 5.73 Å². The highest BCUT2D eigenvalue weighted by Crippen LogP contribution is 2.19. The molecule has 2 atom stereocenters. The number of hydrogen-bond donors (Lipinski definition) is 2. The highest BCUT2D eigenvalue weighted by molar-refractivity contribution is 5.88. The van der Waals surface area contributed by atoms with Gasteiger partial charge in [0.05, 0.1) is 0 Å². The Hall–Kier alpha value is -1.10. The van der Waals surface area contributed by atoms with Gasteiger partial charge in [-0.05, 0) is 18.8 Å². The van der Waals surface area contributed by atoms with Crippen molar-refractivity contribution in [2.24, 2.45) is 11.7 Å². The summed E-state index contributed by atoms with van der Waals surface area (Å²) >= 11 is 0. The summed E-state index contributed by atoms with van der Waals surface area (Å²) in [5, 5.41) is 2.60. The van der Waals surface area contributed by atoms with Gasteiger partial charge in [-0.1, -0.05) is 13.8 Å². The minimum absolute atomic E-state index is 0.00250. The van der Waals surface area contributed by atoms with Crippen LogP contribution in [0, 0.1) is 5.92 Å². The van der Waals surface area contributed by atoms with Crippen molar-refractivity contribution in [2.45, 2.75) is 45.2 Å². The van der Waals surface area contributed by atoms with Crippen LogP contribution in [-0.4, -0.2) is 42.4 Å². The molecule has 98 valence electrons. The van der Waals surface area contributed by atoms with E-state index in [1.807, 2.05) is 13.8 Å². The molecule has 1 aliphatic rings. The first kappa shape index (κ1) is 14.0. The second-order valence-corrected chi connectivity index (χ2v) is 4.97. The van der Waals surface area contributed by atoms with Crippen LogP contribution in [0.1, 0.15) is 33.1 Å². The summed E-state index contributed by atoms with van der Waals surface area (Å²) < 4.78 is 0. The summed E-state index contributed by atoms with van der Waals surface area (Å²) in [5.41, 5.74) is 5.89. The van der Waals surface area contributed by atoms with E-state index in [0.717, 1.165) is 12.8 Å². The standard InChI is InChI=1S/C12H23N3O2/c1-8(2)9(13)7-11(16)15-6-4-5-10(15)12(17)14-3/h8-10H,4-7,13H2,1-3H3,(H,14,17). The van der Waals surface area contributed by atoms with Crippen molar-refractivity contribution in [2.75, 3.05) is 13.6 Å². The zero-order chi connectivity index (χ0) is 13.0. The van der Waals surface area contributed by atoms with Crippen LogP contribution in [0.3, 0.4) is 0 Å². The summed E-state index contributed by atoms with van der Waals surface area (Å²) in [6, 6.07) is -0.430. The third-order valence-electron chi connectivity index (χ3n) is 3.39. The second-order valence-electron chi connectivity index (χ2n) is 4.97. The molecular formula is C12H23N3O2. The molecule has 1 heterocycles. The van der Waals surface area contributed by atoms with Gasteiger partial charge in [-0.15, -0.1) is 0 Å². The molecule has 2 unspecified atom stereocenters. The summed E-state index contributed by atoms with van der Waals surface area (Å²) in [6.45, 7) is 4.66. The van der Waals surface area contributed by atoms with Gasteiger partial charge in [0.25, 0.3) is 0 Å². The molecule has 1 aliphatic heterocycles. The molecule has 1 rings (SSSR count). The lowest BCUT2D eigenvalue weighted by Gasteiger charge is -2.25. The molecule has 0 aromatic heterocycles. The third kappa shape index (κ3) is 3.43. The zero-order valence-corrected chi connectivity index (χ0v) is 10.9. The summed E-state index contributed by atoms with van der Waals surface area (Å²) in [4.78, 5) is 25.3. The van der Waals surface area contributed by atoms with E-state index in [-0.39, 0.29) is 29.8 Å². The van der Waals surface area contributed by atoms with E-state index in [2.05, 4.69) is 5.32 Å². The predicted octanol–water partition coefficient (Wildman–Crippen LogP) is 0.0968. The van der Waals surface area contributed by atoms with E-state index < -0.39 is 0 Å². The lowest BCUT2D eigenvalue weighted by atomic mass is 10.0. The van der Waals surface area contributed by atoms with Crippen molar-refractivity contribution in [3.8, 4) is 0 Å². The van der Waals surface area contributed by atoms with Gasteiger partial charge in [-0.3, -0.25) is 9.59 Å². The topological polar surface area (TPSA) is 75.4 Å². The maximum atomic E-state index is 12.1. The van der Waals surface area contributed by atoms with Crippen LogP contribution in [0.4, 0.5) is 0 Å². The number of likely N-dealkylation sites (N-methyl/N-ethyl adjacent to an activating group) is 1. The number of nitrogens with two attached hydrogens (primary N) is 1. The number of carbonyl (C=O) groups excluding carboxylic acids is 2. The number of nitrogens with zero attached hydrogens (tertiary/aromatic N) is 1. The van der Waals surface area contributed by atoms with Crippen LogP contribution in [-0.2, 0) is 9.59 Å². The Morgan fingerprint density at radius 3 is 2.65 bits per heavy atom. The third-order valence-corrected chi connectivity index (χ3v) is 3.39. The van der Waals surface area contributed by atoms with E-state index >= 15 is 0 Å². The lowest BCUT2D eigenvalue weighted by molar-refractivity contribution is -0.138.